The molecule has 0 atom stereocenters. The van der Waals surface area contributed by atoms with Crippen LogP contribution in [0.2, 0.25) is 0 Å². The van der Waals surface area contributed by atoms with Gasteiger partial charge in [0.25, 0.3) is 0 Å². The van der Waals surface area contributed by atoms with E-state index >= 15 is 0 Å². The van der Waals surface area contributed by atoms with Crippen LogP contribution in [0.25, 0.3) is 0 Å². The van der Waals surface area contributed by atoms with E-state index < -0.39 is 0 Å². The Balaban J connectivity index is 2.59. The summed E-state index contributed by atoms with van der Waals surface area (Å²) < 4.78 is 9.31. The van der Waals surface area contributed by atoms with Gasteiger partial charge in [-0.1, -0.05) is 33.1 Å². The smallest absolute Gasteiger partial charge is 0.305 e. The van der Waals surface area contributed by atoms with Gasteiger partial charge in [-0.3, -0.25) is 4.79 Å². The third-order valence-corrected chi connectivity index (χ3v) is 3.81. The molecule has 4 heteroatoms. The van der Waals surface area contributed by atoms with Crippen molar-refractivity contribution in [1.29, 1.82) is 0 Å². The van der Waals surface area contributed by atoms with E-state index in [1.54, 1.807) is 0 Å². The standard InChI is InChI=1S/C17H31N2O2/c1-4-6-8-9-12-18-14-16(10-11-17(20)21-3)19(15-18)13-7-5-2/h14-15H,4-13H2,1-3H3/q+1. The van der Waals surface area contributed by atoms with E-state index in [1.807, 2.05) is 0 Å². The fourth-order valence-electron chi connectivity index (χ4n) is 2.47. The van der Waals surface area contributed by atoms with E-state index in [0.29, 0.717) is 6.42 Å². The summed E-state index contributed by atoms with van der Waals surface area (Å²) in [6.07, 6.45) is 13.1. The number of aromatic nitrogens is 2. The van der Waals surface area contributed by atoms with Crippen molar-refractivity contribution in [1.82, 2.24) is 4.57 Å². The highest BCUT2D eigenvalue weighted by atomic mass is 16.5. The summed E-state index contributed by atoms with van der Waals surface area (Å²) in [7, 11) is 1.45. The molecule has 0 amide bonds. The van der Waals surface area contributed by atoms with Gasteiger partial charge in [0, 0.05) is 6.42 Å². The molecular weight excluding hydrogens is 264 g/mol. The van der Waals surface area contributed by atoms with Crippen molar-refractivity contribution in [3.05, 3.63) is 18.2 Å². The van der Waals surface area contributed by atoms with Gasteiger partial charge in [-0.2, -0.15) is 0 Å². The maximum Gasteiger partial charge on any atom is 0.305 e. The molecule has 1 rings (SSSR count). The Bertz CT molecular complexity index is 413. The minimum atomic E-state index is -0.132. The van der Waals surface area contributed by atoms with Gasteiger partial charge >= 0.3 is 5.97 Å². The number of ether oxygens (including phenoxy) is 1. The van der Waals surface area contributed by atoms with Crippen molar-refractivity contribution in [3.8, 4) is 0 Å². The highest BCUT2D eigenvalue weighted by molar-refractivity contribution is 5.69. The highest BCUT2D eigenvalue weighted by Crippen LogP contribution is 2.05. The average molecular weight is 295 g/mol. The zero-order valence-corrected chi connectivity index (χ0v) is 13.9. The number of imidazole rings is 1. The van der Waals surface area contributed by atoms with Gasteiger partial charge in [0.15, 0.2) is 0 Å². The summed E-state index contributed by atoms with van der Waals surface area (Å²) in [5.41, 5.74) is 1.24. The number of carbonyl (C=O) groups excluding carboxylic acids is 1. The summed E-state index contributed by atoms with van der Waals surface area (Å²) >= 11 is 0. The van der Waals surface area contributed by atoms with Gasteiger partial charge in [-0.25, -0.2) is 9.13 Å². The molecule has 1 heterocycles. The van der Waals surface area contributed by atoms with E-state index in [2.05, 4.69) is 35.5 Å². The second kappa shape index (κ2) is 10.4. The molecule has 0 aliphatic heterocycles. The van der Waals surface area contributed by atoms with Gasteiger partial charge in [0.2, 0.25) is 6.33 Å². The molecule has 0 fully saturated rings. The van der Waals surface area contributed by atoms with Crippen molar-refractivity contribution < 1.29 is 14.1 Å². The van der Waals surface area contributed by atoms with Crippen LogP contribution in [-0.4, -0.2) is 17.6 Å². The first-order valence-electron chi connectivity index (χ1n) is 8.36. The summed E-state index contributed by atoms with van der Waals surface area (Å²) in [5.74, 6) is -0.132. The number of hydrogen-bond acceptors (Lipinski definition) is 2. The summed E-state index contributed by atoms with van der Waals surface area (Å²) in [5, 5.41) is 0. The predicted octanol–water partition coefficient (Wildman–Crippen LogP) is 3.26. The molecule has 0 aliphatic carbocycles. The number of aryl methyl sites for hydroxylation is 3. The minimum absolute atomic E-state index is 0.132. The number of rotatable bonds is 11. The number of esters is 1. The van der Waals surface area contributed by atoms with Crippen molar-refractivity contribution >= 4 is 5.97 Å². The minimum Gasteiger partial charge on any atom is -0.469 e. The van der Waals surface area contributed by atoms with Crippen LogP contribution in [0.15, 0.2) is 12.5 Å². The van der Waals surface area contributed by atoms with Crippen molar-refractivity contribution in [2.45, 2.75) is 78.3 Å². The van der Waals surface area contributed by atoms with Crippen LogP contribution < -0.4 is 4.57 Å². The molecule has 0 N–H and O–H groups in total. The zero-order valence-electron chi connectivity index (χ0n) is 13.9. The fraction of sp³-hybridized carbons (Fsp3) is 0.765. The molecule has 0 radical (unpaired) electrons. The van der Waals surface area contributed by atoms with Crippen molar-refractivity contribution in [3.63, 3.8) is 0 Å². The Morgan fingerprint density at radius 3 is 2.62 bits per heavy atom. The lowest BCUT2D eigenvalue weighted by Gasteiger charge is -2.00. The maximum absolute atomic E-state index is 11.3. The monoisotopic (exact) mass is 295 g/mol. The Kier molecular flexibility index (Phi) is 8.79. The number of hydrogen-bond donors (Lipinski definition) is 0. The summed E-state index contributed by atoms with van der Waals surface area (Å²) in [6, 6.07) is 0. The number of unbranched alkanes of at least 4 members (excludes halogenated alkanes) is 4. The summed E-state index contributed by atoms with van der Waals surface area (Å²) in [4.78, 5) is 11.3. The number of carbonyl (C=O) groups is 1. The molecule has 1 aromatic heterocycles. The molecule has 0 saturated carbocycles. The highest BCUT2D eigenvalue weighted by Gasteiger charge is 2.14. The fourth-order valence-corrected chi connectivity index (χ4v) is 2.47. The van der Waals surface area contributed by atoms with Gasteiger partial charge in [-0.15, -0.1) is 0 Å². The molecule has 21 heavy (non-hydrogen) atoms. The van der Waals surface area contributed by atoms with Crippen LogP contribution in [0.4, 0.5) is 0 Å². The van der Waals surface area contributed by atoms with Crippen LogP contribution in [0.1, 0.15) is 64.5 Å². The quantitative estimate of drug-likeness (QED) is 0.357. The molecule has 0 saturated heterocycles. The second-order valence-electron chi connectivity index (χ2n) is 5.66. The van der Waals surface area contributed by atoms with E-state index in [1.165, 1.54) is 51.3 Å². The molecule has 0 unspecified atom stereocenters. The molecule has 4 nitrogen and oxygen atoms in total. The summed E-state index contributed by atoms with van der Waals surface area (Å²) in [6.45, 7) is 6.55. The molecule has 0 aromatic carbocycles. The lowest BCUT2D eigenvalue weighted by Crippen LogP contribution is -2.36. The first kappa shape index (κ1) is 17.7. The lowest BCUT2D eigenvalue weighted by atomic mass is 10.2. The topological polar surface area (TPSA) is 35.1 Å². The van der Waals surface area contributed by atoms with E-state index in [4.69, 9.17) is 4.74 Å². The SMILES string of the molecule is CCCCCCn1cc(CCC(=O)OC)[n+](CCCC)c1. The largest absolute Gasteiger partial charge is 0.469 e. The van der Waals surface area contributed by atoms with E-state index in [0.717, 1.165) is 19.5 Å². The van der Waals surface area contributed by atoms with E-state index in [-0.39, 0.29) is 5.97 Å². The molecule has 0 aliphatic rings. The van der Waals surface area contributed by atoms with Crippen molar-refractivity contribution in [2.75, 3.05) is 7.11 Å². The zero-order chi connectivity index (χ0) is 15.5. The molecule has 0 spiro atoms. The van der Waals surface area contributed by atoms with Gasteiger partial charge in [0.1, 0.15) is 11.9 Å². The van der Waals surface area contributed by atoms with Crippen LogP contribution in [0.5, 0.6) is 0 Å². The average Bonchev–Trinajstić information content (AvgIpc) is 2.89. The van der Waals surface area contributed by atoms with Gasteiger partial charge < -0.3 is 4.74 Å². The van der Waals surface area contributed by atoms with Gasteiger partial charge in [0.05, 0.1) is 26.6 Å². The van der Waals surface area contributed by atoms with Crippen LogP contribution >= 0.6 is 0 Å². The third kappa shape index (κ3) is 6.78. The first-order valence-corrected chi connectivity index (χ1v) is 8.36. The third-order valence-electron chi connectivity index (χ3n) is 3.81. The van der Waals surface area contributed by atoms with Crippen LogP contribution in [0.3, 0.4) is 0 Å². The van der Waals surface area contributed by atoms with Crippen molar-refractivity contribution in [2.24, 2.45) is 0 Å². The number of nitrogens with zero attached hydrogens (tertiary/aromatic N) is 2. The molecule has 120 valence electrons. The lowest BCUT2D eigenvalue weighted by molar-refractivity contribution is -0.703. The predicted molar refractivity (Wildman–Crippen MR) is 84.0 cm³/mol. The Morgan fingerprint density at radius 2 is 1.95 bits per heavy atom. The normalized spacial score (nSPS) is 10.8. The Labute approximate surface area is 129 Å². The second-order valence-corrected chi connectivity index (χ2v) is 5.66. The molecular formula is C17H31N2O2+. The van der Waals surface area contributed by atoms with E-state index in [9.17, 15) is 4.79 Å². The Hall–Kier alpha value is -1.32. The van der Waals surface area contributed by atoms with Crippen LogP contribution in [-0.2, 0) is 29.0 Å². The number of methoxy groups -OCH3 is 1. The van der Waals surface area contributed by atoms with Crippen LogP contribution in [0, 0.1) is 0 Å². The molecule has 1 aromatic rings. The first-order chi connectivity index (χ1) is 10.2. The maximum atomic E-state index is 11.3. The van der Waals surface area contributed by atoms with Gasteiger partial charge in [-0.05, 0) is 19.3 Å². The molecule has 0 bridgehead atoms. The Morgan fingerprint density at radius 1 is 1.19 bits per heavy atom.